The maximum atomic E-state index is 13.5. The van der Waals surface area contributed by atoms with Crippen LogP contribution in [0.1, 0.15) is 28.2 Å². The Bertz CT molecular complexity index is 1800. The first kappa shape index (κ1) is 29.9. The van der Waals surface area contributed by atoms with Gasteiger partial charge in [-0.1, -0.05) is 53.0 Å². The van der Waals surface area contributed by atoms with Crippen molar-refractivity contribution in [2.24, 2.45) is 28.2 Å². The van der Waals surface area contributed by atoms with E-state index < -0.39 is 28.8 Å². The Morgan fingerprint density at radius 2 is 1.23 bits per heavy atom. The third-order valence-electron chi connectivity index (χ3n) is 6.60. The molecule has 4 rings (SSSR count). The van der Waals surface area contributed by atoms with Gasteiger partial charge in [0, 0.05) is 38.8 Å². The number of halogens is 3. The minimum Gasteiger partial charge on any atom is -0.494 e. The van der Waals surface area contributed by atoms with Crippen LogP contribution in [0.5, 0.6) is 17.5 Å². The molecular weight excluding hydrogens is 619 g/mol. The van der Waals surface area contributed by atoms with E-state index in [0.717, 1.165) is 9.13 Å². The van der Waals surface area contributed by atoms with Gasteiger partial charge in [0.2, 0.25) is 11.8 Å². The smallest absolute Gasteiger partial charge is 0.262 e. The van der Waals surface area contributed by atoms with Crippen molar-refractivity contribution >= 4 is 59.2 Å². The lowest BCUT2D eigenvalue weighted by Crippen LogP contribution is -2.33. The molecule has 9 nitrogen and oxygen atoms in total. The molecule has 0 saturated heterocycles. The molecule has 0 aliphatic heterocycles. The van der Waals surface area contributed by atoms with Crippen LogP contribution in [0.4, 0.5) is 0 Å². The molecule has 2 N–H and O–H groups in total. The Hall–Kier alpha value is -3.09. The molecule has 14 heteroatoms. The molecule has 0 radical (unpaired) electrons. The van der Waals surface area contributed by atoms with E-state index in [1.807, 2.05) is 6.07 Å². The van der Waals surface area contributed by atoms with Crippen molar-refractivity contribution in [3.05, 3.63) is 104 Å². The Balaban J connectivity index is 2.01. The third kappa shape index (κ3) is 5.08. The highest BCUT2D eigenvalue weighted by atomic mass is 35.5. The van der Waals surface area contributed by atoms with Gasteiger partial charge >= 0.3 is 0 Å². The van der Waals surface area contributed by atoms with E-state index in [0.29, 0.717) is 10.6 Å². The summed E-state index contributed by atoms with van der Waals surface area (Å²) in [6, 6.07) is 10.00. The molecule has 0 fully saturated rings. The number of ether oxygens (including phenoxy) is 1. The molecule has 0 saturated carbocycles. The molecule has 210 valence electrons. The number of hydrogen-bond donors (Lipinski definition) is 2. The van der Waals surface area contributed by atoms with E-state index in [2.05, 4.69) is 0 Å². The van der Waals surface area contributed by atoms with Gasteiger partial charge < -0.3 is 14.9 Å². The zero-order chi connectivity index (χ0) is 29.6. The number of benzene rings is 2. The molecule has 2 heterocycles. The number of hydrogen-bond acceptors (Lipinski definition) is 7. The van der Waals surface area contributed by atoms with E-state index in [4.69, 9.17) is 64.0 Å². The van der Waals surface area contributed by atoms with E-state index in [1.165, 1.54) is 49.5 Å². The monoisotopic (exact) mass is 640 g/mol. The second-order valence-corrected chi connectivity index (χ2v) is 11.0. The number of nitrogens with zero attached hydrogens (tertiary/aromatic N) is 4. The summed E-state index contributed by atoms with van der Waals surface area (Å²) in [6.07, 6.45) is 0. The standard InChI is InChI=1S/C26H23Cl3N4O5S2/c1-30-21(34)18(22(35)31(2)25(30)39)17(19-23(36)32(3)26(40)33(4)24(19)37)13-9-15(28)20(16(29)10-13)38-11-12-7-5-6-8-14(12)27/h5-10,17,34,36H,11H2,1-4H3. The second-order valence-electron chi connectivity index (χ2n) is 9.01. The predicted molar refractivity (Wildman–Crippen MR) is 159 cm³/mol. The number of aromatic nitrogens is 4. The lowest BCUT2D eigenvalue weighted by molar-refractivity contribution is 0.306. The number of rotatable bonds is 6. The SMILES string of the molecule is Cn1c(O)c(C(c2cc(Cl)c(OCc3ccccc3Cl)c(Cl)c2)c2c(O)n(C)c(=S)n(C)c2=O)c(=O)n(C)c1=S. The van der Waals surface area contributed by atoms with Gasteiger partial charge in [0.15, 0.2) is 15.3 Å². The van der Waals surface area contributed by atoms with Crippen molar-refractivity contribution in [1.82, 2.24) is 18.3 Å². The molecule has 40 heavy (non-hydrogen) atoms. The molecule has 0 aliphatic rings. The highest BCUT2D eigenvalue weighted by molar-refractivity contribution is 7.71. The fraction of sp³-hybridized carbons (Fsp3) is 0.231. The van der Waals surface area contributed by atoms with Crippen molar-refractivity contribution in [2.75, 3.05) is 0 Å². The summed E-state index contributed by atoms with van der Waals surface area (Å²) in [5.74, 6) is -2.21. The minimum absolute atomic E-state index is 0.0352. The van der Waals surface area contributed by atoms with Crippen molar-refractivity contribution in [2.45, 2.75) is 12.5 Å². The second kappa shape index (κ2) is 11.4. The summed E-state index contributed by atoms with van der Waals surface area (Å²) in [4.78, 5) is 27.1. The maximum absolute atomic E-state index is 13.5. The van der Waals surface area contributed by atoms with Crippen LogP contribution in [-0.4, -0.2) is 28.5 Å². The van der Waals surface area contributed by atoms with Crippen molar-refractivity contribution in [1.29, 1.82) is 0 Å². The summed E-state index contributed by atoms with van der Waals surface area (Å²) < 4.78 is 10.7. The summed E-state index contributed by atoms with van der Waals surface area (Å²) in [6.45, 7) is 0.0663. The zero-order valence-corrected chi connectivity index (χ0v) is 25.5. The first-order valence-electron chi connectivity index (χ1n) is 11.6. The fourth-order valence-electron chi connectivity index (χ4n) is 4.35. The van der Waals surface area contributed by atoms with Crippen LogP contribution in [0.3, 0.4) is 0 Å². The lowest BCUT2D eigenvalue weighted by Gasteiger charge is -2.24. The normalized spacial score (nSPS) is 11.3. The highest BCUT2D eigenvalue weighted by Crippen LogP contribution is 2.42. The van der Waals surface area contributed by atoms with Gasteiger partial charge in [-0.25, -0.2) is 0 Å². The molecule has 0 unspecified atom stereocenters. The van der Waals surface area contributed by atoms with Crippen LogP contribution in [0, 0.1) is 9.54 Å². The molecule has 2 aromatic heterocycles. The molecule has 0 amide bonds. The molecule has 0 spiro atoms. The van der Waals surface area contributed by atoms with Crippen LogP contribution in [-0.2, 0) is 34.8 Å². The zero-order valence-electron chi connectivity index (χ0n) is 21.6. The van der Waals surface area contributed by atoms with Crippen LogP contribution in [0.2, 0.25) is 15.1 Å². The van der Waals surface area contributed by atoms with Crippen LogP contribution in [0.15, 0.2) is 46.0 Å². The first-order chi connectivity index (χ1) is 18.8. The van der Waals surface area contributed by atoms with Crippen molar-refractivity contribution in [3.8, 4) is 17.5 Å². The summed E-state index contributed by atoms with van der Waals surface area (Å²) >= 11 is 30.0. The largest absolute Gasteiger partial charge is 0.494 e. The van der Waals surface area contributed by atoms with E-state index in [9.17, 15) is 19.8 Å². The molecular formula is C26H23Cl3N4O5S2. The average molecular weight is 642 g/mol. The maximum Gasteiger partial charge on any atom is 0.262 e. The Morgan fingerprint density at radius 1 is 0.775 bits per heavy atom. The van der Waals surface area contributed by atoms with Crippen LogP contribution >= 0.6 is 59.2 Å². The topological polar surface area (TPSA) is 104 Å². The van der Waals surface area contributed by atoms with Gasteiger partial charge in [-0.05, 0) is 48.2 Å². The Labute approximate surface area is 253 Å². The Kier molecular flexibility index (Phi) is 8.53. The molecule has 2 aromatic carbocycles. The van der Waals surface area contributed by atoms with Gasteiger partial charge in [-0.15, -0.1) is 0 Å². The predicted octanol–water partition coefficient (Wildman–Crippen LogP) is 5.35. The molecule has 0 bridgehead atoms. The summed E-state index contributed by atoms with van der Waals surface area (Å²) in [7, 11) is 5.79. The quantitative estimate of drug-likeness (QED) is 0.274. The summed E-state index contributed by atoms with van der Waals surface area (Å²) in [5, 5.41) is 22.9. The van der Waals surface area contributed by atoms with Gasteiger partial charge in [0.25, 0.3) is 11.1 Å². The first-order valence-corrected chi connectivity index (χ1v) is 13.6. The average Bonchev–Trinajstić information content (AvgIpc) is 2.92. The van der Waals surface area contributed by atoms with Gasteiger partial charge in [0.1, 0.15) is 6.61 Å². The van der Waals surface area contributed by atoms with Crippen molar-refractivity contribution in [3.63, 3.8) is 0 Å². The highest BCUT2D eigenvalue weighted by Gasteiger charge is 2.33. The van der Waals surface area contributed by atoms with E-state index in [1.54, 1.807) is 18.2 Å². The van der Waals surface area contributed by atoms with Crippen molar-refractivity contribution < 1.29 is 14.9 Å². The lowest BCUT2D eigenvalue weighted by atomic mass is 9.86. The van der Waals surface area contributed by atoms with Crippen LogP contribution in [0.25, 0.3) is 0 Å². The van der Waals surface area contributed by atoms with Gasteiger partial charge in [0.05, 0.1) is 27.1 Å². The van der Waals surface area contributed by atoms with E-state index in [-0.39, 0.29) is 48.6 Å². The van der Waals surface area contributed by atoms with Gasteiger partial charge in [-0.2, -0.15) is 0 Å². The third-order valence-corrected chi connectivity index (χ3v) is 8.62. The molecule has 0 atom stereocenters. The van der Waals surface area contributed by atoms with Gasteiger partial charge in [-0.3, -0.25) is 27.9 Å². The van der Waals surface area contributed by atoms with Crippen LogP contribution < -0.4 is 15.9 Å². The number of aromatic hydroxyl groups is 2. The molecule has 4 aromatic rings. The Morgan fingerprint density at radius 3 is 1.68 bits per heavy atom. The minimum atomic E-state index is -1.34. The van der Waals surface area contributed by atoms with E-state index >= 15 is 0 Å². The summed E-state index contributed by atoms with van der Waals surface area (Å²) in [5.41, 5.74) is -0.936. The molecule has 0 aliphatic carbocycles. The fourth-order valence-corrected chi connectivity index (χ4v) is 5.49.